The van der Waals surface area contributed by atoms with Crippen molar-refractivity contribution in [2.24, 2.45) is 22.3 Å². The van der Waals surface area contributed by atoms with E-state index in [0.717, 1.165) is 19.4 Å². The summed E-state index contributed by atoms with van der Waals surface area (Å²) in [6.45, 7) is 7.61. The third kappa shape index (κ3) is 3.45. The van der Waals surface area contributed by atoms with Gasteiger partial charge in [-0.15, -0.1) is 12.4 Å². The first-order valence-electron chi connectivity index (χ1n) is 4.83. The topological polar surface area (TPSA) is 52.0 Å². The zero-order valence-electron chi connectivity index (χ0n) is 8.97. The quantitative estimate of drug-likeness (QED) is 0.689. The van der Waals surface area contributed by atoms with Gasteiger partial charge >= 0.3 is 0 Å². The molecule has 1 aliphatic rings. The van der Waals surface area contributed by atoms with Gasteiger partial charge in [-0.1, -0.05) is 20.8 Å². The van der Waals surface area contributed by atoms with E-state index in [-0.39, 0.29) is 17.8 Å². The summed E-state index contributed by atoms with van der Waals surface area (Å²) in [6.07, 6.45) is 3.44. The molecule has 0 aromatic rings. The summed E-state index contributed by atoms with van der Waals surface area (Å²) in [5, 5.41) is 0. The summed E-state index contributed by atoms with van der Waals surface area (Å²) < 4.78 is 0. The average molecular weight is 207 g/mol. The first-order valence-corrected chi connectivity index (χ1v) is 4.83. The molecule has 1 aliphatic carbocycles. The lowest BCUT2D eigenvalue weighted by atomic mass is 9.63. The Bertz CT molecular complexity index is 170. The Morgan fingerprint density at radius 2 is 1.77 bits per heavy atom. The van der Waals surface area contributed by atoms with Gasteiger partial charge < -0.3 is 11.5 Å². The number of rotatable bonds is 1. The molecule has 80 valence electrons. The third-order valence-corrected chi connectivity index (χ3v) is 2.97. The van der Waals surface area contributed by atoms with Crippen molar-refractivity contribution in [1.29, 1.82) is 0 Å². The van der Waals surface area contributed by atoms with E-state index in [1.165, 1.54) is 6.42 Å². The minimum Gasteiger partial charge on any atom is -0.330 e. The maximum absolute atomic E-state index is 6.01. The van der Waals surface area contributed by atoms with E-state index in [2.05, 4.69) is 20.8 Å². The first kappa shape index (κ1) is 13.2. The van der Waals surface area contributed by atoms with E-state index in [0.29, 0.717) is 11.5 Å². The van der Waals surface area contributed by atoms with Gasteiger partial charge in [-0.25, -0.2) is 0 Å². The second kappa shape index (κ2) is 4.16. The molecule has 0 aliphatic heterocycles. The predicted octanol–water partition coefficient (Wildman–Crippen LogP) is 1.91. The molecule has 2 unspecified atom stereocenters. The summed E-state index contributed by atoms with van der Waals surface area (Å²) in [4.78, 5) is 0. The van der Waals surface area contributed by atoms with Crippen molar-refractivity contribution < 1.29 is 0 Å². The van der Waals surface area contributed by atoms with Crippen molar-refractivity contribution in [3.8, 4) is 0 Å². The van der Waals surface area contributed by atoms with Gasteiger partial charge in [0.1, 0.15) is 0 Å². The highest BCUT2D eigenvalue weighted by Crippen LogP contribution is 2.44. The molecule has 13 heavy (non-hydrogen) atoms. The van der Waals surface area contributed by atoms with Crippen molar-refractivity contribution in [3.05, 3.63) is 0 Å². The van der Waals surface area contributed by atoms with Crippen molar-refractivity contribution in [3.63, 3.8) is 0 Å². The lowest BCUT2D eigenvalue weighted by molar-refractivity contribution is 0.0904. The van der Waals surface area contributed by atoms with Gasteiger partial charge in [0.05, 0.1) is 0 Å². The van der Waals surface area contributed by atoms with Crippen LogP contribution in [0.25, 0.3) is 0 Å². The van der Waals surface area contributed by atoms with Gasteiger partial charge in [-0.3, -0.25) is 0 Å². The standard InChI is InChI=1S/C10H22N2.ClH/c1-9(2)4-8(12)5-10(3,6-9)7-11;/h8H,4-7,11-12H2,1-3H3;1H. The molecule has 0 heterocycles. The Kier molecular flexibility index (Phi) is 4.23. The fourth-order valence-electron chi connectivity index (χ4n) is 2.87. The van der Waals surface area contributed by atoms with Crippen molar-refractivity contribution >= 4 is 12.4 Å². The molecule has 0 spiro atoms. The molecule has 0 radical (unpaired) electrons. The lowest BCUT2D eigenvalue weighted by Crippen LogP contribution is -2.45. The molecule has 1 rings (SSSR count). The molecular weight excluding hydrogens is 184 g/mol. The number of halogens is 1. The predicted molar refractivity (Wildman–Crippen MR) is 60.0 cm³/mol. The molecule has 2 atom stereocenters. The van der Waals surface area contributed by atoms with Gasteiger partial charge in [-0.2, -0.15) is 0 Å². The van der Waals surface area contributed by atoms with Crippen molar-refractivity contribution in [1.82, 2.24) is 0 Å². The smallest absolute Gasteiger partial charge is 0.00495 e. The van der Waals surface area contributed by atoms with Crippen LogP contribution in [0.2, 0.25) is 0 Å². The molecule has 3 heteroatoms. The summed E-state index contributed by atoms with van der Waals surface area (Å²) in [5.74, 6) is 0. The maximum Gasteiger partial charge on any atom is 0.00495 e. The van der Waals surface area contributed by atoms with E-state index in [1.807, 2.05) is 0 Å². The fraction of sp³-hybridized carbons (Fsp3) is 1.00. The summed E-state index contributed by atoms with van der Waals surface area (Å²) in [5.41, 5.74) is 12.4. The largest absolute Gasteiger partial charge is 0.330 e. The van der Waals surface area contributed by atoms with Crippen LogP contribution in [0.15, 0.2) is 0 Å². The SMILES string of the molecule is CC1(C)CC(N)CC(C)(CN)C1.Cl. The molecule has 0 amide bonds. The summed E-state index contributed by atoms with van der Waals surface area (Å²) in [6, 6.07) is 0.349. The minimum atomic E-state index is 0. The maximum atomic E-state index is 6.01. The van der Waals surface area contributed by atoms with Crippen LogP contribution in [0.4, 0.5) is 0 Å². The Morgan fingerprint density at radius 3 is 2.15 bits per heavy atom. The van der Waals surface area contributed by atoms with Crippen LogP contribution >= 0.6 is 12.4 Å². The van der Waals surface area contributed by atoms with Crippen LogP contribution in [-0.4, -0.2) is 12.6 Å². The molecule has 0 aromatic heterocycles. The third-order valence-electron chi connectivity index (χ3n) is 2.97. The number of hydrogen-bond donors (Lipinski definition) is 2. The summed E-state index contributed by atoms with van der Waals surface area (Å²) in [7, 11) is 0. The van der Waals surface area contributed by atoms with Crippen LogP contribution in [0.1, 0.15) is 40.0 Å². The van der Waals surface area contributed by atoms with Crippen LogP contribution in [0.5, 0.6) is 0 Å². The molecule has 0 aromatic carbocycles. The highest BCUT2D eigenvalue weighted by atomic mass is 35.5. The number of hydrogen-bond acceptors (Lipinski definition) is 2. The Morgan fingerprint density at radius 1 is 1.23 bits per heavy atom. The monoisotopic (exact) mass is 206 g/mol. The van der Waals surface area contributed by atoms with Gasteiger partial charge in [-0.05, 0) is 36.6 Å². The molecule has 0 saturated heterocycles. The Hall–Kier alpha value is 0.210. The molecule has 0 bridgehead atoms. The van der Waals surface area contributed by atoms with E-state index in [4.69, 9.17) is 11.5 Å². The van der Waals surface area contributed by atoms with Crippen LogP contribution < -0.4 is 11.5 Å². The zero-order chi connectivity index (χ0) is 9.41. The van der Waals surface area contributed by atoms with E-state index < -0.39 is 0 Å². The van der Waals surface area contributed by atoms with Crippen LogP contribution in [-0.2, 0) is 0 Å². The summed E-state index contributed by atoms with van der Waals surface area (Å²) >= 11 is 0. The lowest BCUT2D eigenvalue weighted by Gasteiger charge is -2.45. The molecular formula is C10H23ClN2. The normalized spacial score (nSPS) is 38.1. The molecule has 2 nitrogen and oxygen atoms in total. The second-order valence-electron chi connectivity index (χ2n) is 5.52. The zero-order valence-corrected chi connectivity index (χ0v) is 9.79. The van der Waals surface area contributed by atoms with Crippen molar-refractivity contribution in [2.45, 2.75) is 46.1 Å². The van der Waals surface area contributed by atoms with E-state index in [1.54, 1.807) is 0 Å². The van der Waals surface area contributed by atoms with E-state index >= 15 is 0 Å². The van der Waals surface area contributed by atoms with Gasteiger partial charge in [0.15, 0.2) is 0 Å². The Balaban J connectivity index is 0.00000144. The molecule has 1 fully saturated rings. The molecule has 4 N–H and O–H groups in total. The minimum absolute atomic E-state index is 0. The van der Waals surface area contributed by atoms with Gasteiger partial charge in [0, 0.05) is 6.04 Å². The first-order chi connectivity index (χ1) is 5.37. The van der Waals surface area contributed by atoms with Crippen LogP contribution in [0, 0.1) is 10.8 Å². The van der Waals surface area contributed by atoms with Gasteiger partial charge in [0.2, 0.25) is 0 Å². The fourth-order valence-corrected chi connectivity index (χ4v) is 2.87. The highest BCUT2D eigenvalue weighted by Gasteiger charge is 2.38. The van der Waals surface area contributed by atoms with Crippen molar-refractivity contribution in [2.75, 3.05) is 6.54 Å². The Labute approximate surface area is 87.9 Å². The highest BCUT2D eigenvalue weighted by molar-refractivity contribution is 5.85. The second-order valence-corrected chi connectivity index (χ2v) is 5.52. The average Bonchev–Trinajstić information content (AvgIpc) is 1.82. The molecule has 1 saturated carbocycles. The van der Waals surface area contributed by atoms with Crippen LogP contribution in [0.3, 0.4) is 0 Å². The van der Waals surface area contributed by atoms with Gasteiger partial charge in [0.25, 0.3) is 0 Å². The van der Waals surface area contributed by atoms with E-state index in [9.17, 15) is 0 Å². The number of nitrogens with two attached hydrogens (primary N) is 2.